The first-order chi connectivity index (χ1) is 24.0. The number of aromatic nitrogens is 2. The molecule has 3 rings (SSSR count). The first-order valence-electron chi connectivity index (χ1n) is 17.0. The zero-order valence-corrected chi connectivity index (χ0v) is 32.5. The van der Waals surface area contributed by atoms with Gasteiger partial charge in [0.1, 0.15) is 28.5 Å². The molecule has 3 N–H and O–H groups in total. The Hall–Kier alpha value is -4.29. The number of nitrogens with zero attached hydrogens (tertiary/aromatic N) is 4. The molecule has 0 spiro atoms. The maximum Gasteiger partial charge on any atom is 0.408 e. The van der Waals surface area contributed by atoms with E-state index in [9.17, 15) is 9.59 Å². The maximum absolute atomic E-state index is 10.7. The van der Waals surface area contributed by atoms with Gasteiger partial charge >= 0.3 is 6.09 Å². The fourth-order valence-electron chi connectivity index (χ4n) is 3.45. The number of nitrogens with one attached hydrogen (secondary N) is 3. The lowest BCUT2D eigenvalue weighted by atomic mass is 10.1. The third-order valence-corrected chi connectivity index (χ3v) is 6.86. The van der Waals surface area contributed by atoms with Crippen molar-refractivity contribution in [2.45, 2.75) is 89.7 Å². The highest BCUT2D eigenvalue weighted by molar-refractivity contribution is 7.99. The summed E-state index contributed by atoms with van der Waals surface area (Å²) in [6, 6.07) is 17.5. The van der Waals surface area contributed by atoms with Gasteiger partial charge in [-0.25, -0.2) is 14.8 Å². The second-order valence-electron chi connectivity index (χ2n) is 11.7. The van der Waals surface area contributed by atoms with Crippen LogP contribution in [0.4, 0.5) is 10.6 Å². The lowest BCUT2D eigenvalue weighted by molar-refractivity contribution is -0.107. The summed E-state index contributed by atoms with van der Waals surface area (Å²) in [4.78, 5) is 38.6. The average Bonchev–Trinajstić information content (AvgIpc) is 3.09. The van der Waals surface area contributed by atoms with Crippen LogP contribution < -0.4 is 20.7 Å². The number of rotatable bonds is 13. The number of para-hydroxylation sites is 1. The molecule has 0 aliphatic carbocycles. The number of aldehydes is 1. The summed E-state index contributed by atoms with van der Waals surface area (Å²) in [6.07, 6.45) is 9.89. The Balaban J connectivity index is 0.000000855. The standard InChI is InChI=1S/C21H22N4OS.C7H13NO3.C6H13N.C4H11N/c1-3-9-19(22-2)25-21-18(26-16-10-5-4-6-11-16)14-17(15-24-21)27-20-12-7-8-13-23-20;1-7(2,3)11-6(10)8-4-5-9;1-4-6(2)5-7-3;1-3-4-5-2/h4-8,10-15H,3,9H2,1-2H3,(H,22,24,25);5H,4H2,1-3H3,(H,8,10);5-6H,4H2,1-3H3;5H,3-4H2,1-2H3. The van der Waals surface area contributed by atoms with Crippen LogP contribution in [0, 0.1) is 5.92 Å². The monoisotopic (exact) mass is 709 g/mol. The van der Waals surface area contributed by atoms with Crippen molar-refractivity contribution in [2.24, 2.45) is 15.9 Å². The average molecular weight is 710 g/mol. The molecule has 12 heteroatoms. The minimum Gasteiger partial charge on any atom is -0.453 e. The molecule has 0 radical (unpaired) electrons. The van der Waals surface area contributed by atoms with Crippen LogP contribution in [0.25, 0.3) is 0 Å². The van der Waals surface area contributed by atoms with E-state index in [1.807, 2.05) is 81.1 Å². The first-order valence-corrected chi connectivity index (χ1v) is 17.8. The molecule has 0 bridgehead atoms. The molecule has 0 saturated carbocycles. The molecule has 0 aliphatic rings. The van der Waals surface area contributed by atoms with Gasteiger partial charge in [0.2, 0.25) is 0 Å². The molecule has 0 fully saturated rings. The van der Waals surface area contributed by atoms with Crippen molar-refractivity contribution in [2.75, 3.05) is 39.5 Å². The molecular weight excluding hydrogens is 651 g/mol. The van der Waals surface area contributed by atoms with E-state index in [1.165, 1.54) is 12.8 Å². The largest absolute Gasteiger partial charge is 0.453 e. The Morgan fingerprint density at radius 3 is 2.20 bits per heavy atom. The number of anilines is 1. The minimum atomic E-state index is -0.565. The maximum atomic E-state index is 10.7. The molecule has 11 nitrogen and oxygen atoms in total. The van der Waals surface area contributed by atoms with Gasteiger partial charge < -0.3 is 35.2 Å². The Labute approximate surface area is 304 Å². The van der Waals surface area contributed by atoms with E-state index in [1.54, 1.807) is 45.8 Å². The predicted octanol–water partition coefficient (Wildman–Crippen LogP) is 8.72. The zero-order chi connectivity index (χ0) is 37.6. The van der Waals surface area contributed by atoms with Crippen LogP contribution in [-0.4, -0.2) is 74.2 Å². The number of hydrogen-bond donors (Lipinski definition) is 3. The number of pyridine rings is 2. The molecule has 2 heterocycles. The summed E-state index contributed by atoms with van der Waals surface area (Å²) in [7, 11) is 5.55. The highest BCUT2D eigenvalue weighted by Crippen LogP contribution is 2.34. The minimum absolute atomic E-state index is 0.00505. The number of ether oxygens (including phenoxy) is 2. The van der Waals surface area contributed by atoms with Gasteiger partial charge in [-0.2, -0.15) is 0 Å². The molecule has 50 heavy (non-hydrogen) atoms. The van der Waals surface area contributed by atoms with Crippen LogP contribution in [0.1, 0.15) is 74.1 Å². The van der Waals surface area contributed by atoms with Crippen LogP contribution in [0.2, 0.25) is 0 Å². The van der Waals surface area contributed by atoms with Gasteiger partial charge in [-0.05, 0) is 83.8 Å². The van der Waals surface area contributed by atoms with E-state index in [2.05, 4.69) is 63.6 Å². The van der Waals surface area contributed by atoms with Gasteiger partial charge in [-0.3, -0.25) is 4.99 Å². The quantitative estimate of drug-likeness (QED) is 0.0903. The van der Waals surface area contributed by atoms with Crippen LogP contribution >= 0.6 is 11.8 Å². The number of carbonyl (C=O) groups is 2. The van der Waals surface area contributed by atoms with Gasteiger partial charge in [-0.15, -0.1) is 0 Å². The summed E-state index contributed by atoms with van der Waals surface area (Å²) in [5.41, 5.74) is -0.507. The first kappa shape index (κ1) is 45.7. The van der Waals surface area contributed by atoms with Crippen LogP contribution in [-0.2, 0) is 9.53 Å². The van der Waals surface area contributed by atoms with E-state index in [-0.39, 0.29) is 6.54 Å². The summed E-state index contributed by atoms with van der Waals surface area (Å²) < 4.78 is 10.9. The third-order valence-electron chi connectivity index (χ3n) is 5.95. The van der Waals surface area contributed by atoms with E-state index < -0.39 is 11.7 Å². The van der Waals surface area contributed by atoms with Crippen molar-refractivity contribution in [3.05, 3.63) is 67.0 Å². The Bertz CT molecular complexity index is 1370. The molecule has 3 aromatic rings. The van der Waals surface area contributed by atoms with Crippen molar-refractivity contribution >= 4 is 42.0 Å². The SMILES string of the molecule is CC(C)(C)OC(=O)NCC=O.CCC(C)C=NC.CCCC(=NC)Nc1ncc(Sc2ccccn2)cc1Oc1ccccc1.CCCNC. The number of amides is 1. The van der Waals surface area contributed by atoms with Crippen LogP contribution in [0.3, 0.4) is 0 Å². The normalized spacial score (nSPS) is 11.4. The van der Waals surface area contributed by atoms with E-state index >= 15 is 0 Å². The predicted molar refractivity (Wildman–Crippen MR) is 209 cm³/mol. The van der Waals surface area contributed by atoms with Crippen molar-refractivity contribution < 1.29 is 19.1 Å². The second kappa shape index (κ2) is 28.5. The zero-order valence-electron chi connectivity index (χ0n) is 31.7. The van der Waals surface area contributed by atoms with E-state index in [0.29, 0.717) is 23.8 Å². The van der Waals surface area contributed by atoms with Gasteiger partial charge in [0.25, 0.3) is 0 Å². The summed E-state index contributed by atoms with van der Waals surface area (Å²) in [6.45, 7) is 15.0. The van der Waals surface area contributed by atoms with Gasteiger partial charge in [0, 0.05) is 50.1 Å². The van der Waals surface area contributed by atoms with Crippen molar-refractivity contribution in [3.8, 4) is 11.5 Å². The Morgan fingerprint density at radius 2 is 1.72 bits per heavy atom. The highest BCUT2D eigenvalue weighted by atomic mass is 32.2. The molecule has 0 saturated heterocycles. The molecule has 1 atom stereocenters. The number of aliphatic imine (C=N–C) groups is 2. The lowest BCUT2D eigenvalue weighted by Crippen LogP contribution is -2.33. The van der Waals surface area contributed by atoms with Gasteiger partial charge in [-0.1, -0.05) is 63.7 Å². The van der Waals surface area contributed by atoms with Crippen LogP contribution in [0.15, 0.2) is 86.9 Å². The van der Waals surface area contributed by atoms with Crippen LogP contribution in [0.5, 0.6) is 11.5 Å². The smallest absolute Gasteiger partial charge is 0.408 e. The molecule has 2 aromatic heterocycles. The Kier molecular flexibility index (Phi) is 26.1. The topological polar surface area (TPSA) is 139 Å². The second-order valence-corrected chi connectivity index (χ2v) is 12.8. The van der Waals surface area contributed by atoms with E-state index in [4.69, 9.17) is 9.47 Å². The Morgan fingerprint density at radius 1 is 1.02 bits per heavy atom. The number of amidine groups is 1. The molecule has 276 valence electrons. The number of hydrogen-bond acceptors (Lipinski definition) is 10. The van der Waals surface area contributed by atoms with Crippen molar-refractivity contribution in [1.29, 1.82) is 0 Å². The fourth-order valence-corrected chi connectivity index (χ4v) is 4.22. The van der Waals surface area contributed by atoms with E-state index in [0.717, 1.165) is 40.9 Å². The summed E-state index contributed by atoms with van der Waals surface area (Å²) >= 11 is 1.54. The number of alkyl carbamates (subject to hydrolysis) is 1. The number of carbonyl (C=O) groups excluding carboxylic acids is 2. The van der Waals surface area contributed by atoms with Crippen molar-refractivity contribution in [3.63, 3.8) is 0 Å². The summed E-state index contributed by atoms with van der Waals surface area (Å²) in [5, 5.41) is 9.49. The molecule has 0 aliphatic heterocycles. The molecule has 1 aromatic carbocycles. The number of benzene rings is 1. The third kappa shape index (κ3) is 23.9. The molecule has 1 unspecified atom stereocenters. The van der Waals surface area contributed by atoms with Gasteiger partial charge in [0.15, 0.2) is 11.6 Å². The molecular formula is C38H59N7O4S. The van der Waals surface area contributed by atoms with Crippen molar-refractivity contribution in [1.82, 2.24) is 20.6 Å². The van der Waals surface area contributed by atoms with Gasteiger partial charge in [0.05, 0.1) is 6.54 Å². The summed E-state index contributed by atoms with van der Waals surface area (Å²) in [5.74, 6) is 3.60. The lowest BCUT2D eigenvalue weighted by Gasteiger charge is -2.18. The molecule has 1 amide bonds. The fraction of sp³-hybridized carbons (Fsp3) is 0.474. The highest BCUT2D eigenvalue weighted by Gasteiger charge is 2.15.